The maximum absolute atomic E-state index is 11.5. The van der Waals surface area contributed by atoms with Crippen LogP contribution >= 0.6 is 0 Å². The van der Waals surface area contributed by atoms with Crippen molar-refractivity contribution in [2.75, 3.05) is 7.11 Å². The van der Waals surface area contributed by atoms with Crippen molar-refractivity contribution in [3.8, 4) is 11.5 Å². The van der Waals surface area contributed by atoms with Crippen LogP contribution in [0.3, 0.4) is 0 Å². The maximum Gasteiger partial charge on any atom is 0.345 e. The van der Waals surface area contributed by atoms with Crippen LogP contribution in [0.25, 0.3) is 0 Å². The van der Waals surface area contributed by atoms with Gasteiger partial charge in [-0.05, 0) is 42.7 Å². The zero-order chi connectivity index (χ0) is 16.1. The molecule has 4 heteroatoms. The maximum atomic E-state index is 11.5. The van der Waals surface area contributed by atoms with Gasteiger partial charge in [-0.2, -0.15) is 0 Å². The number of aliphatic carboxylic acids is 1. The molecule has 0 aliphatic heterocycles. The SMILES string of the molecule is COc1cccc(O[C@H](Cc2cccc(C)c2C)C(=O)O)c1. The average molecular weight is 300 g/mol. The lowest BCUT2D eigenvalue weighted by molar-refractivity contribution is -0.145. The fourth-order valence-corrected chi connectivity index (χ4v) is 2.25. The Bertz CT molecular complexity index is 664. The predicted octanol–water partition coefficient (Wildman–Crippen LogP) is 3.39. The number of carboxylic acid groups (broad SMARTS) is 1. The molecule has 116 valence electrons. The first kappa shape index (κ1) is 15.9. The van der Waals surface area contributed by atoms with E-state index in [1.807, 2.05) is 32.0 Å². The number of carbonyl (C=O) groups is 1. The van der Waals surface area contributed by atoms with Crippen LogP contribution in [0.1, 0.15) is 16.7 Å². The Hall–Kier alpha value is -2.49. The first-order valence-electron chi connectivity index (χ1n) is 7.10. The Labute approximate surface area is 130 Å². The zero-order valence-electron chi connectivity index (χ0n) is 13.0. The molecule has 0 aliphatic carbocycles. The molecule has 0 aromatic heterocycles. The standard InChI is InChI=1S/C18H20O4/c1-12-6-4-7-14(13(12)2)10-17(18(19)20)22-16-9-5-8-15(11-16)21-3/h4-9,11,17H,10H2,1-3H3,(H,19,20)/t17-/m1/s1. The second-order valence-corrected chi connectivity index (χ2v) is 5.19. The molecule has 1 atom stereocenters. The van der Waals surface area contributed by atoms with Gasteiger partial charge in [-0.1, -0.05) is 24.3 Å². The molecule has 0 saturated heterocycles. The smallest absolute Gasteiger partial charge is 0.345 e. The molecule has 0 heterocycles. The molecular formula is C18H20O4. The molecule has 0 aliphatic rings. The first-order valence-corrected chi connectivity index (χ1v) is 7.10. The monoisotopic (exact) mass is 300 g/mol. The van der Waals surface area contributed by atoms with Crippen molar-refractivity contribution in [3.05, 3.63) is 59.2 Å². The van der Waals surface area contributed by atoms with Gasteiger partial charge in [0.05, 0.1) is 7.11 Å². The molecule has 0 spiro atoms. The van der Waals surface area contributed by atoms with Crippen LogP contribution in [0.15, 0.2) is 42.5 Å². The van der Waals surface area contributed by atoms with Gasteiger partial charge in [0.1, 0.15) is 11.5 Å². The van der Waals surface area contributed by atoms with Crippen molar-refractivity contribution in [1.29, 1.82) is 0 Å². The van der Waals surface area contributed by atoms with E-state index in [1.165, 1.54) is 0 Å². The van der Waals surface area contributed by atoms with E-state index in [0.717, 1.165) is 16.7 Å². The van der Waals surface area contributed by atoms with Gasteiger partial charge in [-0.15, -0.1) is 0 Å². The van der Waals surface area contributed by atoms with Crippen molar-refractivity contribution in [2.24, 2.45) is 0 Å². The Morgan fingerprint density at radius 1 is 1.14 bits per heavy atom. The van der Waals surface area contributed by atoms with E-state index in [0.29, 0.717) is 17.9 Å². The van der Waals surface area contributed by atoms with Crippen molar-refractivity contribution >= 4 is 5.97 Å². The highest BCUT2D eigenvalue weighted by molar-refractivity contribution is 5.73. The van der Waals surface area contributed by atoms with Gasteiger partial charge >= 0.3 is 5.97 Å². The van der Waals surface area contributed by atoms with Crippen LogP contribution in [-0.2, 0) is 11.2 Å². The summed E-state index contributed by atoms with van der Waals surface area (Å²) in [6.07, 6.45) is -0.618. The minimum atomic E-state index is -0.983. The molecule has 4 nitrogen and oxygen atoms in total. The van der Waals surface area contributed by atoms with E-state index in [9.17, 15) is 9.90 Å². The van der Waals surface area contributed by atoms with Crippen molar-refractivity contribution in [1.82, 2.24) is 0 Å². The second kappa shape index (κ2) is 6.98. The zero-order valence-corrected chi connectivity index (χ0v) is 13.0. The Morgan fingerprint density at radius 3 is 2.50 bits per heavy atom. The average Bonchev–Trinajstić information content (AvgIpc) is 2.51. The number of hydrogen-bond acceptors (Lipinski definition) is 3. The minimum Gasteiger partial charge on any atom is -0.497 e. The van der Waals surface area contributed by atoms with Crippen LogP contribution in [0, 0.1) is 13.8 Å². The largest absolute Gasteiger partial charge is 0.497 e. The highest BCUT2D eigenvalue weighted by atomic mass is 16.5. The quantitative estimate of drug-likeness (QED) is 0.888. The number of ether oxygens (including phenoxy) is 2. The summed E-state index contributed by atoms with van der Waals surface area (Å²) >= 11 is 0. The summed E-state index contributed by atoms with van der Waals surface area (Å²) in [6, 6.07) is 12.8. The molecule has 0 fully saturated rings. The number of methoxy groups -OCH3 is 1. The van der Waals surface area contributed by atoms with Crippen LogP contribution in [0.2, 0.25) is 0 Å². The summed E-state index contributed by atoms with van der Waals surface area (Å²) in [7, 11) is 1.56. The molecule has 0 amide bonds. The van der Waals surface area contributed by atoms with Gasteiger partial charge in [-0.3, -0.25) is 0 Å². The summed E-state index contributed by atoms with van der Waals surface area (Å²) in [5, 5.41) is 9.43. The fraction of sp³-hybridized carbons (Fsp3) is 0.278. The van der Waals surface area contributed by atoms with Gasteiger partial charge in [0, 0.05) is 12.5 Å². The van der Waals surface area contributed by atoms with Gasteiger partial charge in [0.2, 0.25) is 0 Å². The molecule has 0 saturated carbocycles. The molecule has 1 N–H and O–H groups in total. The highest BCUT2D eigenvalue weighted by Crippen LogP contribution is 2.22. The number of hydrogen-bond donors (Lipinski definition) is 1. The van der Waals surface area contributed by atoms with E-state index in [1.54, 1.807) is 31.4 Å². The summed E-state index contributed by atoms with van der Waals surface area (Å²) in [4.78, 5) is 11.5. The van der Waals surface area contributed by atoms with Crippen molar-refractivity contribution in [3.63, 3.8) is 0 Å². The van der Waals surface area contributed by atoms with Gasteiger partial charge in [-0.25, -0.2) is 4.79 Å². The van der Waals surface area contributed by atoms with Crippen LogP contribution in [-0.4, -0.2) is 24.3 Å². The van der Waals surface area contributed by atoms with Gasteiger partial charge < -0.3 is 14.6 Å². The molecule has 22 heavy (non-hydrogen) atoms. The molecule has 0 bridgehead atoms. The first-order chi connectivity index (χ1) is 10.5. The second-order valence-electron chi connectivity index (χ2n) is 5.19. The van der Waals surface area contributed by atoms with Crippen LogP contribution < -0.4 is 9.47 Å². The Kier molecular flexibility index (Phi) is 5.04. The fourth-order valence-electron chi connectivity index (χ4n) is 2.25. The topological polar surface area (TPSA) is 55.8 Å². The number of benzene rings is 2. The Morgan fingerprint density at radius 2 is 1.82 bits per heavy atom. The van der Waals surface area contributed by atoms with Crippen molar-refractivity contribution < 1.29 is 19.4 Å². The lowest BCUT2D eigenvalue weighted by Gasteiger charge is -2.17. The normalized spacial score (nSPS) is 11.8. The van der Waals surface area contributed by atoms with Crippen LogP contribution in [0.4, 0.5) is 0 Å². The lowest BCUT2D eigenvalue weighted by Crippen LogP contribution is -2.29. The predicted molar refractivity (Wildman–Crippen MR) is 84.7 cm³/mol. The van der Waals surface area contributed by atoms with Crippen LogP contribution in [0.5, 0.6) is 11.5 Å². The molecule has 0 radical (unpaired) electrons. The van der Waals surface area contributed by atoms with Gasteiger partial charge in [0.25, 0.3) is 0 Å². The number of aryl methyl sites for hydroxylation is 1. The third-order valence-electron chi connectivity index (χ3n) is 3.72. The number of rotatable bonds is 6. The van der Waals surface area contributed by atoms with E-state index >= 15 is 0 Å². The Balaban J connectivity index is 2.20. The molecular weight excluding hydrogens is 280 g/mol. The molecule has 0 unspecified atom stereocenters. The molecule has 2 rings (SSSR count). The van der Waals surface area contributed by atoms with Crippen molar-refractivity contribution in [2.45, 2.75) is 26.4 Å². The third kappa shape index (κ3) is 3.79. The summed E-state index contributed by atoms with van der Waals surface area (Å²) in [5.74, 6) is 0.133. The van der Waals surface area contributed by atoms with E-state index in [4.69, 9.17) is 9.47 Å². The van der Waals surface area contributed by atoms with E-state index in [2.05, 4.69) is 0 Å². The molecule has 2 aromatic rings. The minimum absolute atomic E-state index is 0.320. The lowest BCUT2D eigenvalue weighted by atomic mass is 9.98. The third-order valence-corrected chi connectivity index (χ3v) is 3.72. The summed E-state index contributed by atoms with van der Waals surface area (Å²) in [5.41, 5.74) is 3.22. The van der Waals surface area contributed by atoms with E-state index < -0.39 is 12.1 Å². The number of carboxylic acids is 1. The molecule has 2 aromatic carbocycles. The summed E-state index contributed by atoms with van der Waals surface area (Å²) in [6.45, 7) is 4.01. The summed E-state index contributed by atoms with van der Waals surface area (Å²) < 4.78 is 10.8. The van der Waals surface area contributed by atoms with E-state index in [-0.39, 0.29) is 0 Å². The highest BCUT2D eigenvalue weighted by Gasteiger charge is 2.21. The van der Waals surface area contributed by atoms with Gasteiger partial charge in [0.15, 0.2) is 6.10 Å².